The number of aryl methyl sites for hydroxylation is 1. The predicted octanol–water partition coefficient (Wildman–Crippen LogP) is 2.92. The molecule has 0 bridgehead atoms. The molecular formula is C15H19NO. The van der Waals surface area contributed by atoms with Crippen LogP contribution in [-0.2, 0) is 0 Å². The molecule has 2 rings (SSSR count). The Morgan fingerprint density at radius 2 is 1.76 bits per heavy atom. The number of nitrogens with two attached hydrogens (primary N) is 1. The van der Waals surface area contributed by atoms with E-state index in [1.807, 2.05) is 19.1 Å². The molecule has 0 aliphatic rings. The lowest BCUT2D eigenvalue weighted by molar-refractivity contribution is 0.0520. The molecule has 0 unspecified atom stereocenters. The van der Waals surface area contributed by atoms with Gasteiger partial charge in [0.05, 0.1) is 11.6 Å². The second kappa shape index (κ2) is 4.13. The van der Waals surface area contributed by atoms with E-state index in [1.165, 1.54) is 0 Å². The van der Waals surface area contributed by atoms with Crippen LogP contribution >= 0.6 is 0 Å². The smallest absolute Gasteiger partial charge is 0.0783 e. The van der Waals surface area contributed by atoms with Crippen LogP contribution in [0.5, 0.6) is 0 Å². The van der Waals surface area contributed by atoms with Crippen LogP contribution in [0, 0.1) is 6.92 Å². The van der Waals surface area contributed by atoms with Crippen molar-refractivity contribution in [3.05, 3.63) is 47.5 Å². The first-order chi connectivity index (χ1) is 7.91. The van der Waals surface area contributed by atoms with E-state index in [4.69, 9.17) is 5.73 Å². The molecule has 0 aromatic heterocycles. The van der Waals surface area contributed by atoms with Gasteiger partial charge in [-0.1, -0.05) is 36.4 Å². The zero-order chi connectivity index (χ0) is 12.6. The highest BCUT2D eigenvalue weighted by molar-refractivity contribution is 5.87. The van der Waals surface area contributed by atoms with Crippen molar-refractivity contribution in [3.63, 3.8) is 0 Å². The normalized spacial score (nSPS) is 13.9. The van der Waals surface area contributed by atoms with Crippen molar-refractivity contribution in [1.82, 2.24) is 0 Å². The summed E-state index contributed by atoms with van der Waals surface area (Å²) in [7, 11) is 0. The van der Waals surface area contributed by atoms with Crippen LogP contribution in [0.3, 0.4) is 0 Å². The lowest BCUT2D eigenvalue weighted by Crippen LogP contribution is -2.35. The summed E-state index contributed by atoms with van der Waals surface area (Å²) in [6.45, 7) is 5.53. The quantitative estimate of drug-likeness (QED) is 0.831. The average molecular weight is 229 g/mol. The van der Waals surface area contributed by atoms with E-state index in [2.05, 4.69) is 24.3 Å². The topological polar surface area (TPSA) is 46.2 Å². The summed E-state index contributed by atoms with van der Waals surface area (Å²) in [4.78, 5) is 0. The number of aliphatic hydroxyl groups is 1. The largest absolute Gasteiger partial charge is 0.388 e. The van der Waals surface area contributed by atoms with Gasteiger partial charge in [-0.3, -0.25) is 0 Å². The lowest BCUT2D eigenvalue weighted by Gasteiger charge is -2.28. The van der Waals surface area contributed by atoms with Crippen molar-refractivity contribution in [1.29, 1.82) is 0 Å². The molecule has 0 saturated heterocycles. The van der Waals surface area contributed by atoms with Gasteiger partial charge in [0.15, 0.2) is 0 Å². The molecule has 2 heteroatoms. The van der Waals surface area contributed by atoms with Crippen LogP contribution in [0.2, 0.25) is 0 Å². The van der Waals surface area contributed by atoms with E-state index in [-0.39, 0.29) is 6.04 Å². The fraction of sp³-hybridized carbons (Fsp3) is 0.333. The molecule has 0 radical (unpaired) electrons. The molecular weight excluding hydrogens is 210 g/mol. The van der Waals surface area contributed by atoms with Gasteiger partial charge in [0.2, 0.25) is 0 Å². The fourth-order valence-electron chi connectivity index (χ4n) is 2.17. The fourth-order valence-corrected chi connectivity index (χ4v) is 2.17. The molecule has 17 heavy (non-hydrogen) atoms. The van der Waals surface area contributed by atoms with Crippen molar-refractivity contribution >= 4 is 10.8 Å². The number of benzene rings is 2. The third-order valence-corrected chi connectivity index (χ3v) is 3.26. The van der Waals surface area contributed by atoms with Crippen molar-refractivity contribution in [2.24, 2.45) is 5.73 Å². The number of fused-ring (bicyclic) bond motifs is 1. The van der Waals surface area contributed by atoms with Crippen LogP contribution < -0.4 is 5.73 Å². The molecule has 1 atom stereocenters. The Labute approximate surface area is 102 Å². The van der Waals surface area contributed by atoms with Crippen LogP contribution in [0.4, 0.5) is 0 Å². The number of hydrogen-bond acceptors (Lipinski definition) is 2. The van der Waals surface area contributed by atoms with E-state index in [0.29, 0.717) is 0 Å². The summed E-state index contributed by atoms with van der Waals surface area (Å²) in [6.07, 6.45) is 0. The zero-order valence-electron chi connectivity index (χ0n) is 10.6. The number of rotatable bonds is 2. The van der Waals surface area contributed by atoms with Gasteiger partial charge >= 0.3 is 0 Å². The Morgan fingerprint density at radius 1 is 1.12 bits per heavy atom. The minimum absolute atomic E-state index is 0.381. The first-order valence-corrected chi connectivity index (χ1v) is 5.87. The first kappa shape index (κ1) is 12.1. The molecule has 2 aromatic rings. The Morgan fingerprint density at radius 3 is 2.41 bits per heavy atom. The summed E-state index contributed by atoms with van der Waals surface area (Å²) in [6, 6.07) is 11.9. The Balaban J connectivity index is 2.71. The molecule has 2 aromatic carbocycles. The average Bonchev–Trinajstić information content (AvgIpc) is 2.27. The van der Waals surface area contributed by atoms with Gasteiger partial charge in [-0.25, -0.2) is 0 Å². The van der Waals surface area contributed by atoms with Gasteiger partial charge in [0.1, 0.15) is 0 Å². The SMILES string of the molecule is Cc1ccc2ccccc2c1[C@@H](N)C(C)(C)O. The van der Waals surface area contributed by atoms with Gasteiger partial charge in [-0.2, -0.15) is 0 Å². The van der Waals surface area contributed by atoms with Crippen molar-refractivity contribution in [3.8, 4) is 0 Å². The van der Waals surface area contributed by atoms with Gasteiger partial charge in [-0.15, -0.1) is 0 Å². The minimum atomic E-state index is -0.922. The van der Waals surface area contributed by atoms with Crippen LogP contribution in [0.25, 0.3) is 10.8 Å². The van der Waals surface area contributed by atoms with Crippen molar-refractivity contribution < 1.29 is 5.11 Å². The molecule has 90 valence electrons. The number of hydrogen-bond donors (Lipinski definition) is 2. The third-order valence-electron chi connectivity index (χ3n) is 3.26. The highest BCUT2D eigenvalue weighted by atomic mass is 16.3. The highest BCUT2D eigenvalue weighted by Gasteiger charge is 2.27. The molecule has 0 spiro atoms. The highest BCUT2D eigenvalue weighted by Crippen LogP contribution is 2.31. The molecule has 0 aliphatic carbocycles. The second-order valence-electron chi connectivity index (χ2n) is 5.15. The summed E-state index contributed by atoms with van der Waals surface area (Å²) in [5.74, 6) is 0. The van der Waals surface area contributed by atoms with Gasteiger partial charge in [0.25, 0.3) is 0 Å². The van der Waals surface area contributed by atoms with E-state index in [0.717, 1.165) is 21.9 Å². The molecule has 0 saturated carbocycles. The molecule has 0 fully saturated rings. The summed E-state index contributed by atoms with van der Waals surface area (Å²) in [5.41, 5.74) is 7.43. The Bertz CT molecular complexity index is 540. The molecule has 2 nitrogen and oxygen atoms in total. The maximum Gasteiger partial charge on any atom is 0.0783 e. The van der Waals surface area contributed by atoms with Crippen LogP contribution in [-0.4, -0.2) is 10.7 Å². The van der Waals surface area contributed by atoms with Gasteiger partial charge in [0, 0.05) is 0 Å². The minimum Gasteiger partial charge on any atom is -0.388 e. The predicted molar refractivity (Wildman–Crippen MR) is 71.9 cm³/mol. The maximum absolute atomic E-state index is 10.1. The van der Waals surface area contributed by atoms with Crippen LogP contribution in [0.1, 0.15) is 31.0 Å². The summed E-state index contributed by atoms with van der Waals surface area (Å²) in [5, 5.41) is 12.4. The molecule has 0 amide bonds. The van der Waals surface area contributed by atoms with E-state index >= 15 is 0 Å². The molecule has 0 aliphatic heterocycles. The van der Waals surface area contributed by atoms with Crippen LogP contribution in [0.15, 0.2) is 36.4 Å². The van der Waals surface area contributed by atoms with Crippen molar-refractivity contribution in [2.75, 3.05) is 0 Å². The summed E-state index contributed by atoms with van der Waals surface area (Å²) < 4.78 is 0. The molecule has 0 heterocycles. The third kappa shape index (κ3) is 2.19. The zero-order valence-corrected chi connectivity index (χ0v) is 10.6. The first-order valence-electron chi connectivity index (χ1n) is 5.87. The standard InChI is InChI=1S/C15H19NO/c1-10-8-9-11-6-4-5-7-12(11)13(10)14(16)15(2,3)17/h4-9,14,17H,16H2,1-3H3/t14-/m1/s1. The lowest BCUT2D eigenvalue weighted by atomic mass is 9.86. The monoisotopic (exact) mass is 229 g/mol. The maximum atomic E-state index is 10.1. The van der Waals surface area contributed by atoms with E-state index in [1.54, 1.807) is 13.8 Å². The van der Waals surface area contributed by atoms with Gasteiger partial charge < -0.3 is 10.8 Å². The summed E-state index contributed by atoms with van der Waals surface area (Å²) >= 11 is 0. The Hall–Kier alpha value is -1.38. The second-order valence-corrected chi connectivity index (χ2v) is 5.15. The van der Waals surface area contributed by atoms with E-state index < -0.39 is 5.60 Å². The van der Waals surface area contributed by atoms with Gasteiger partial charge in [-0.05, 0) is 42.7 Å². The molecule has 3 N–H and O–H groups in total. The van der Waals surface area contributed by atoms with E-state index in [9.17, 15) is 5.11 Å². The Kier molecular flexibility index (Phi) is 2.94. The van der Waals surface area contributed by atoms with Crippen molar-refractivity contribution in [2.45, 2.75) is 32.4 Å².